The Hall–Kier alpha value is -0.810. The maximum atomic E-state index is 8.53. The predicted molar refractivity (Wildman–Crippen MR) is 55.2 cm³/mol. The van der Waals surface area contributed by atoms with E-state index < -0.39 is 0 Å². The molecule has 0 N–H and O–H groups in total. The van der Waals surface area contributed by atoms with Crippen LogP contribution in [-0.4, -0.2) is 0 Å². The van der Waals surface area contributed by atoms with E-state index >= 15 is 0 Å². The molecule has 0 saturated heterocycles. The molecular weight excluding hydrogens is 226 g/mol. The number of nitriles is 1. The molecule has 2 rings (SSSR count). The molecule has 1 aliphatic rings. The lowest BCUT2D eigenvalue weighted by atomic mass is 10.1. The fraction of sp³-hybridized carbons (Fsp3) is 0.364. The summed E-state index contributed by atoms with van der Waals surface area (Å²) >= 11 is 3.41. The number of nitrogens with zero attached hydrogens (tertiary/aromatic N) is 1. The molecule has 0 bridgehead atoms. The van der Waals surface area contributed by atoms with Crippen molar-refractivity contribution >= 4 is 15.9 Å². The van der Waals surface area contributed by atoms with Crippen molar-refractivity contribution < 1.29 is 0 Å². The van der Waals surface area contributed by atoms with Gasteiger partial charge in [-0.15, -0.1) is 0 Å². The first-order chi connectivity index (χ1) is 6.31. The summed E-state index contributed by atoms with van der Waals surface area (Å²) in [5.74, 6) is 1.26. The van der Waals surface area contributed by atoms with E-state index in [0.29, 0.717) is 18.3 Å². The van der Waals surface area contributed by atoms with Gasteiger partial charge in [-0.25, -0.2) is 0 Å². The zero-order valence-electron chi connectivity index (χ0n) is 7.20. The average molecular weight is 236 g/mol. The van der Waals surface area contributed by atoms with E-state index in [-0.39, 0.29) is 0 Å². The maximum Gasteiger partial charge on any atom is 0.0624 e. The van der Waals surface area contributed by atoms with Crippen LogP contribution in [-0.2, 0) is 0 Å². The Morgan fingerprint density at radius 3 is 2.69 bits per heavy atom. The smallest absolute Gasteiger partial charge is 0.0624 e. The Morgan fingerprint density at radius 2 is 2.08 bits per heavy atom. The molecule has 66 valence electrons. The average Bonchev–Trinajstić information content (AvgIpc) is 2.86. The van der Waals surface area contributed by atoms with Gasteiger partial charge in [0.15, 0.2) is 0 Å². The monoisotopic (exact) mass is 235 g/mol. The predicted octanol–water partition coefficient (Wildman–Crippen LogP) is 3.47. The van der Waals surface area contributed by atoms with E-state index in [1.807, 2.05) is 0 Å². The Balaban J connectivity index is 2.05. The Kier molecular flexibility index (Phi) is 2.37. The second kappa shape index (κ2) is 3.51. The second-order valence-corrected chi connectivity index (χ2v) is 4.43. The first-order valence-electron chi connectivity index (χ1n) is 4.43. The van der Waals surface area contributed by atoms with E-state index in [0.717, 1.165) is 4.47 Å². The molecule has 2 heteroatoms. The van der Waals surface area contributed by atoms with Gasteiger partial charge in [-0.1, -0.05) is 28.1 Å². The topological polar surface area (TPSA) is 23.8 Å². The number of hydrogen-bond donors (Lipinski definition) is 0. The summed E-state index contributed by atoms with van der Waals surface area (Å²) in [4.78, 5) is 0. The molecule has 2 unspecified atom stereocenters. The van der Waals surface area contributed by atoms with E-state index in [2.05, 4.69) is 46.3 Å². The molecule has 2 atom stereocenters. The van der Waals surface area contributed by atoms with Crippen LogP contribution in [0.5, 0.6) is 0 Å². The van der Waals surface area contributed by atoms with Gasteiger partial charge in [0, 0.05) is 10.9 Å². The van der Waals surface area contributed by atoms with Crippen LogP contribution in [0.2, 0.25) is 0 Å². The van der Waals surface area contributed by atoms with Crippen molar-refractivity contribution in [2.75, 3.05) is 0 Å². The molecule has 0 radical (unpaired) electrons. The minimum Gasteiger partial charge on any atom is -0.198 e. The Morgan fingerprint density at radius 1 is 1.38 bits per heavy atom. The zero-order chi connectivity index (χ0) is 9.26. The summed E-state index contributed by atoms with van der Waals surface area (Å²) in [7, 11) is 0. The first-order valence-corrected chi connectivity index (χ1v) is 5.23. The SMILES string of the molecule is N#CCC1CC1c1ccc(Br)cc1. The van der Waals surface area contributed by atoms with Gasteiger partial charge in [-0.3, -0.25) is 0 Å². The summed E-state index contributed by atoms with van der Waals surface area (Å²) in [5, 5.41) is 8.53. The highest BCUT2D eigenvalue weighted by molar-refractivity contribution is 9.10. The molecule has 0 aromatic heterocycles. The van der Waals surface area contributed by atoms with E-state index in [1.54, 1.807) is 0 Å². The molecule has 1 nitrogen and oxygen atoms in total. The molecule has 13 heavy (non-hydrogen) atoms. The van der Waals surface area contributed by atoms with Crippen molar-refractivity contribution in [2.45, 2.75) is 18.8 Å². The molecule has 1 aliphatic carbocycles. The Bertz CT molecular complexity index is 336. The van der Waals surface area contributed by atoms with Gasteiger partial charge in [-0.05, 0) is 36.0 Å². The van der Waals surface area contributed by atoms with Crippen LogP contribution >= 0.6 is 15.9 Å². The number of hydrogen-bond acceptors (Lipinski definition) is 1. The van der Waals surface area contributed by atoms with Gasteiger partial charge in [-0.2, -0.15) is 5.26 Å². The van der Waals surface area contributed by atoms with E-state index in [9.17, 15) is 0 Å². The van der Waals surface area contributed by atoms with Crippen molar-refractivity contribution in [2.24, 2.45) is 5.92 Å². The maximum absolute atomic E-state index is 8.53. The first kappa shape index (κ1) is 8.77. The minimum atomic E-state index is 0.617. The van der Waals surface area contributed by atoms with Crippen LogP contribution in [0, 0.1) is 17.2 Å². The lowest BCUT2D eigenvalue weighted by Gasteiger charge is -1.97. The van der Waals surface area contributed by atoms with Crippen LogP contribution in [0.1, 0.15) is 24.3 Å². The van der Waals surface area contributed by atoms with E-state index in [1.165, 1.54) is 12.0 Å². The molecule has 0 aliphatic heterocycles. The summed E-state index contributed by atoms with van der Waals surface area (Å²) < 4.78 is 1.12. The summed E-state index contributed by atoms with van der Waals surface area (Å²) in [6.45, 7) is 0. The largest absolute Gasteiger partial charge is 0.198 e. The lowest BCUT2D eigenvalue weighted by Crippen LogP contribution is -1.82. The number of rotatable bonds is 2. The quantitative estimate of drug-likeness (QED) is 0.771. The fourth-order valence-electron chi connectivity index (χ4n) is 1.71. The van der Waals surface area contributed by atoms with Crippen molar-refractivity contribution in [3.05, 3.63) is 34.3 Å². The van der Waals surface area contributed by atoms with Crippen LogP contribution in [0.25, 0.3) is 0 Å². The molecule has 0 amide bonds. The van der Waals surface area contributed by atoms with Gasteiger partial charge < -0.3 is 0 Å². The lowest BCUT2D eigenvalue weighted by molar-refractivity contribution is 0.829. The second-order valence-electron chi connectivity index (χ2n) is 3.52. The van der Waals surface area contributed by atoms with Gasteiger partial charge in [0.1, 0.15) is 0 Å². The highest BCUT2D eigenvalue weighted by Gasteiger charge is 2.37. The van der Waals surface area contributed by atoms with Crippen LogP contribution in [0.15, 0.2) is 28.7 Å². The molecule has 1 fully saturated rings. The summed E-state index contributed by atoms with van der Waals surface area (Å²) in [6, 6.07) is 10.7. The van der Waals surface area contributed by atoms with Crippen molar-refractivity contribution in [1.82, 2.24) is 0 Å². The van der Waals surface area contributed by atoms with Gasteiger partial charge >= 0.3 is 0 Å². The Labute approximate surface area is 86.5 Å². The standard InChI is InChI=1S/C11H10BrN/c12-10-3-1-8(2-4-10)11-7-9(11)5-6-13/h1-4,9,11H,5,7H2. The molecule has 0 spiro atoms. The summed E-state index contributed by atoms with van der Waals surface area (Å²) in [5.41, 5.74) is 1.38. The fourth-order valence-corrected chi connectivity index (χ4v) is 1.97. The molecule has 0 heterocycles. The van der Waals surface area contributed by atoms with Gasteiger partial charge in [0.2, 0.25) is 0 Å². The van der Waals surface area contributed by atoms with E-state index in [4.69, 9.17) is 5.26 Å². The van der Waals surface area contributed by atoms with Crippen LogP contribution < -0.4 is 0 Å². The molecule has 1 aromatic carbocycles. The zero-order valence-corrected chi connectivity index (χ0v) is 8.79. The van der Waals surface area contributed by atoms with Gasteiger partial charge in [0.25, 0.3) is 0 Å². The van der Waals surface area contributed by atoms with Crippen LogP contribution in [0.3, 0.4) is 0 Å². The highest BCUT2D eigenvalue weighted by Crippen LogP contribution is 2.49. The third-order valence-electron chi connectivity index (χ3n) is 2.57. The molecule has 1 saturated carbocycles. The normalized spacial score (nSPS) is 25.2. The third-order valence-corrected chi connectivity index (χ3v) is 3.10. The van der Waals surface area contributed by atoms with Gasteiger partial charge in [0.05, 0.1) is 6.07 Å². The molecule has 1 aromatic rings. The molecular formula is C11H10BrN. The number of halogens is 1. The number of benzene rings is 1. The van der Waals surface area contributed by atoms with Crippen molar-refractivity contribution in [1.29, 1.82) is 5.26 Å². The summed E-state index contributed by atoms with van der Waals surface area (Å²) in [6.07, 6.45) is 1.90. The highest BCUT2D eigenvalue weighted by atomic mass is 79.9. The van der Waals surface area contributed by atoms with Crippen molar-refractivity contribution in [3.8, 4) is 6.07 Å². The van der Waals surface area contributed by atoms with Crippen molar-refractivity contribution in [3.63, 3.8) is 0 Å². The minimum absolute atomic E-state index is 0.617. The van der Waals surface area contributed by atoms with Crippen LogP contribution in [0.4, 0.5) is 0 Å². The third kappa shape index (κ3) is 1.92.